The number of benzene rings is 1. The molecule has 0 amide bonds. The number of aromatic nitrogens is 2. The number of anilines is 1. The SMILES string of the molecule is Cc1csc(-c2cccc(NCc3cnc(Cl)s3)c2)n1. The highest BCUT2D eigenvalue weighted by atomic mass is 35.5. The molecule has 3 aromatic rings. The number of rotatable bonds is 4. The van der Waals surface area contributed by atoms with E-state index in [0.29, 0.717) is 4.47 Å². The number of nitrogens with zero attached hydrogens (tertiary/aromatic N) is 2. The van der Waals surface area contributed by atoms with E-state index in [1.807, 2.05) is 19.1 Å². The molecule has 20 heavy (non-hydrogen) atoms. The molecule has 3 rings (SSSR count). The Morgan fingerprint density at radius 1 is 1.35 bits per heavy atom. The summed E-state index contributed by atoms with van der Waals surface area (Å²) in [5.74, 6) is 0. The Labute approximate surface area is 130 Å². The first kappa shape index (κ1) is 13.5. The van der Waals surface area contributed by atoms with Crippen molar-refractivity contribution in [3.63, 3.8) is 0 Å². The van der Waals surface area contributed by atoms with Crippen molar-refractivity contribution in [2.45, 2.75) is 13.5 Å². The Morgan fingerprint density at radius 3 is 2.95 bits per heavy atom. The first-order chi connectivity index (χ1) is 9.70. The fourth-order valence-electron chi connectivity index (χ4n) is 1.80. The maximum Gasteiger partial charge on any atom is 0.183 e. The van der Waals surface area contributed by atoms with Crippen LogP contribution in [0.15, 0.2) is 35.8 Å². The summed E-state index contributed by atoms with van der Waals surface area (Å²) < 4.78 is 0.578. The maximum atomic E-state index is 5.82. The zero-order valence-corrected chi connectivity index (χ0v) is 13.1. The molecule has 1 N–H and O–H groups in total. The molecule has 0 spiro atoms. The summed E-state index contributed by atoms with van der Waals surface area (Å²) in [5.41, 5.74) is 3.26. The van der Waals surface area contributed by atoms with E-state index < -0.39 is 0 Å². The summed E-state index contributed by atoms with van der Waals surface area (Å²) in [4.78, 5) is 9.66. The van der Waals surface area contributed by atoms with E-state index in [0.717, 1.165) is 33.4 Å². The maximum absolute atomic E-state index is 5.82. The van der Waals surface area contributed by atoms with Gasteiger partial charge in [0.2, 0.25) is 0 Å². The predicted octanol–water partition coefficient (Wildman–Crippen LogP) is 4.84. The Hall–Kier alpha value is -1.43. The molecule has 6 heteroatoms. The number of hydrogen-bond donors (Lipinski definition) is 1. The van der Waals surface area contributed by atoms with Crippen molar-refractivity contribution < 1.29 is 0 Å². The molecule has 0 atom stereocenters. The van der Waals surface area contributed by atoms with E-state index in [9.17, 15) is 0 Å². The van der Waals surface area contributed by atoms with Crippen LogP contribution in [0.4, 0.5) is 5.69 Å². The molecule has 2 heterocycles. The molecule has 0 aliphatic heterocycles. The van der Waals surface area contributed by atoms with Crippen LogP contribution in [0.5, 0.6) is 0 Å². The smallest absolute Gasteiger partial charge is 0.183 e. The molecule has 0 fully saturated rings. The van der Waals surface area contributed by atoms with E-state index in [-0.39, 0.29) is 0 Å². The van der Waals surface area contributed by atoms with Crippen molar-refractivity contribution >= 4 is 40.0 Å². The second-order valence-corrected chi connectivity index (χ2v) is 6.86. The molecule has 0 radical (unpaired) electrons. The first-order valence-corrected chi connectivity index (χ1v) is 8.15. The molecule has 0 saturated carbocycles. The van der Waals surface area contributed by atoms with Crippen molar-refractivity contribution in [1.82, 2.24) is 9.97 Å². The lowest BCUT2D eigenvalue weighted by molar-refractivity contribution is 1.17. The lowest BCUT2D eigenvalue weighted by atomic mass is 10.2. The molecular weight excluding hydrogens is 310 g/mol. The van der Waals surface area contributed by atoms with E-state index in [2.05, 4.69) is 32.8 Å². The van der Waals surface area contributed by atoms with E-state index in [4.69, 9.17) is 11.6 Å². The van der Waals surface area contributed by atoms with Gasteiger partial charge in [-0.15, -0.1) is 22.7 Å². The zero-order chi connectivity index (χ0) is 13.9. The molecule has 3 nitrogen and oxygen atoms in total. The van der Waals surface area contributed by atoms with Gasteiger partial charge >= 0.3 is 0 Å². The van der Waals surface area contributed by atoms with Gasteiger partial charge in [0.15, 0.2) is 4.47 Å². The van der Waals surface area contributed by atoms with Crippen LogP contribution in [0.25, 0.3) is 10.6 Å². The van der Waals surface area contributed by atoms with Crippen LogP contribution < -0.4 is 5.32 Å². The van der Waals surface area contributed by atoms with Gasteiger partial charge in [-0.2, -0.15) is 0 Å². The third-order valence-corrected chi connectivity index (χ3v) is 4.84. The summed E-state index contributed by atoms with van der Waals surface area (Å²) in [7, 11) is 0. The van der Waals surface area contributed by atoms with Gasteiger partial charge in [0.05, 0.1) is 6.54 Å². The second kappa shape index (κ2) is 5.91. The van der Waals surface area contributed by atoms with E-state index >= 15 is 0 Å². The Bertz CT molecular complexity index is 721. The number of halogens is 1. The van der Waals surface area contributed by atoms with Crippen LogP contribution >= 0.6 is 34.3 Å². The van der Waals surface area contributed by atoms with Gasteiger partial charge in [-0.05, 0) is 19.1 Å². The topological polar surface area (TPSA) is 37.8 Å². The quantitative estimate of drug-likeness (QED) is 0.747. The van der Waals surface area contributed by atoms with Crippen LogP contribution in [-0.2, 0) is 6.54 Å². The van der Waals surface area contributed by atoms with Crippen LogP contribution in [0.3, 0.4) is 0 Å². The summed E-state index contributed by atoms with van der Waals surface area (Å²) in [6.07, 6.45) is 1.80. The largest absolute Gasteiger partial charge is 0.380 e. The summed E-state index contributed by atoms with van der Waals surface area (Å²) in [6.45, 7) is 2.74. The average Bonchev–Trinajstić information content (AvgIpc) is 3.06. The van der Waals surface area contributed by atoms with Crippen LogP contribution in [-0.4, -0.2) is 9.97 Å². The van der Waals surface area contributed by atoms with Crippen LogP contribution in [0.1, 0.15) is 10.6 Å². The Morgan fingerprint density at radius 2 is 2.25 bits per heavy atom. The van der Waals surface area contributed by atoms with Crippen molar-refractivity contribution in [3.8, 4) is 10.6 Å². The minimum Gasteiger partial charge on any atom is -0.380 e. The van der Waals surface area contributed by atoms with Crippen LogP contribution in [0.2, 0.25) is 4.47 Å². The summed E-state index contributed by atoms with van der Waals surface area (Å²) in [6, 6.07) is 8.27. The molecule has 1 aromatic carbocycles. The lowest BCUT2D eigenvalue weighted by Crippen LogP contribution is -1.97. The Kier molecular flexibility index (Phi) is 4.00. The van der Waals surface area contributed by atoms with Crippen LogP contribution in [0, 0.1) is 6.92 Å². The van der Waals surface area contributed by atoms with Gasteiger partial charge in [0.25, 0.3) is 0 Å². The highest BCUT2D eigenvalue weighted by Crippen LogP contribution is 2.26. The van der Waals surface area contributed by atoms with Gasteiger partial charge in [0, 0.05) is 33.4 Å². The first-order valence-electron chi connectivity index (χ1n) is 6.07. The molecule has 0 aliphatic rings. The normalized spacial score (nSPS) is 10.7. The highest BCUT2D eigenvalue weighted by molar-refractivity contribution is 7.15. The standard InChI is InChI=1S/C14H12ClN3S2/c1-9-8-19-13(18-9)10-3-2-4-11(5-10)16-6-12-7-17-14(15)20-12/h2-5,7-8,16H,6H2,1H3. The van der Waals surface area contributed by atoms with Crippen molar-refractivity contribution in [3.05, 3.63) is 50.9 Å². The third-order valence-electron chi connectivity index (χ3n) is 2.72. The van der Waals surface area contributed by atoms with Crippen molar-refractivity contribution in [1.29, 1.82) is 0 Å². The van der Waals surface area contributed by atoms with E-state index in [1.165, 1.54) is 11.3 Å². The molecule has 0 saturated heterocycles. The predicted molar refractivity (Wildman–Crippen MR) is 86.7 cm³/mol. The van der Waals surface area contributed by atoms with E-state index in [1.54, 1.807) is 17.5 Å². The molecule has 2 aromatic heterocycles. The van der Waals surface area contributed by atoms with Gasteiger partial charge < -0.3 is 5.32 Å². The molecule has 0 bridgehead atoms. The average molecular weight is 322 g/mol. The van der Waals surface area contributed by atoms with Crippen molar-refractivity contribution in [2.75, 3.05) is 5.32 Å². The fourth-order valence-corrected chi connectivity index (χ4v) is 3.52. The third kappa shape index (κ3) is 3.17. The zero-order valence-electron chi connectivity index (χ0n) is 10.8. The van der Waals surface area contributed by atoms with Gasteiger partial charge in [-0.25, -0.2) is 9.97 Å². The molecule has 102 valence electrons. The minimum absolute atomic E-state index is 0.578. The number of aryl methyl sites for hydroxylation is 1. The number of nitrogens with one attached hydrogen (secondary N) is 1. The van der Waals surface area contributed by atoms with Gasteiger partial charge in [-0.1, -0.05) is 23.7 Å². The lowest BCUT2D eigenvalue weighted by Gasteiger charge is -2.06. The number of hydrogen-bond acceptors (Lipinski definition) is 5. The Balaban J connectivity index is 1.74. The summed E-state index contributed by atoms with van der Waals surface area (Å²) >= 11 is 8.98. The summed E-state index contributed by atoms with van der Waals surface area (Å²) in [5, 5.41) is 6.49. The number of thiazole rings is 2. The molecule has 0 unspecified atom stereocenters. The minimum atomic E-state index is 0.578. The van der Waals surface area contributed by atoms with Crippen molar-refractivity contribution in [2.24, 2.45) is 0 Å². The monoisotopic (exact) mass is 321 g/mol. The second-order valence-electron chi connectivity index (χ2n) is 4.31. The van der Waals surface area contributed by atoms with Gasteiger partial charge in [-0.3, -0.25) is 0 Å². The molecule has 0 aliphatic carbocycles. The fraction of sp³-hybridized carbons (Fsp3) is 0.143. The van der Waals surface area contributed by atoms with Gasteiger partial charge in [0.1, 0.15) is 5.01 Å². The highest BCUT2D eigenvalue weighted by Gasteiger charge is 2.04. The molecular formula is C14H12ClN3S2.